The number of carbonyl (C=O) groups excluding carboxylic acids is 2. The van der Waals surface area contributed by atoms with E-state index in [4.69, 9.17) is 9.26 Å². The van der Waals surface area contributed by atoms with E-state index in [2.05, 4.69) is 15.5 Å². The van der Waals surface area contributed by atoms with E-state index in [1.807, 2.05) is 25.1 Å². The highest BCUT2D eigenvalue weighted by atomic mass is 16.5. The fourth-order valence-electron chi connectivity index (χ4n) is 3.27. The molecule has 0 aliphatic carbocycles. The van der Waals surface area contributed by atoms with Crippen LogP contribution in [-0.4, -0.2) is 35.1 Å². The van der Waals surface area contributed by atoms with E-state index in [0.29, 0.717) is 40.8 Å². The summed E-state index contributed by atoms with van der Waals surface area (Å²) in [6, 6.07) is 13.9. The van der Waals surface area contributed by atoms with Gasteiger partial charge in [-0.3, -0.25) is 9.59 Å². The average molecular weight is 406 g/mol. The SMILES string of the molecule is CCCN1C(=O)COc2ccc(-c3noc([C@H](C)NC(=O)c4ccccc4)n3)cc21. The number of aromatic nitrogens is 2. The van der Waals surface area contributed by atoms with Crippen molar-refractivity contribution < 1.29 is 18.8 Å². The van der Waals surface area contributed by atoms with Gasteiger partial charge >= 0.3 is 0 Å². The van der Waals surface area contributed by atoms with Gasteiger partial charge in [-0.2, -0.15) is 4.98 Å². The largest absolute Gasteiger partial charge is 0.482 e. The molecular formula is C22H22N4O4. The molecule has 0 bridgehead atoms. The summed E-state index contributed by atoms with van der Waals surface area (Å²) in [7, 11) is 0. The average Bonchev–Trinajstić information content (AvgIpc) is 3.26. The lowest BCUT2D eigenvalue weighted by molar-refractivity contribution is -0.121. The van der Waals surface area contributed by atoms with Crippen LogP contribution in [0.5, 0.6) is 5.75 Å². The van der Waals surface area contributed by atoms with Gasteiger partial charge in [0.2, 0.25) is 11.7 Å². The predicted octanol–water partition coefficient (Wildman–Crippen LogP) is 3.36. The number of nitrogens with zero attached hydrogens (tertiary/aromatic N) is 3. The Morgan fingerprint density at radius 1 is 1.23 bits per heavy atom. The molecule has 1 N–H and O–H groups in total. The summed E-state index contributed by atoms with van der Waals surface area (Å²) in [5.74, 6) is 1.03. The van der Waals surface area contributed by atoms with Gasteiger partial charge in [-0.05, 0) is 43.7 Å². The fourth-order valence-corrected chi connectivity index (χ4v) is 3.27. The van der Waals surface area contributed by atoms with E-state index in [9.17, 15) is 9.59 Å². The topological polar surface area (TPSA) is 97.6 Å². The minimum absolute atomic E-state index is 0.0390. The molecule has 1 aliphatic rings. The Hall–Kier alpha value is -3.68. The first-order chi connectivity index (χ1) is 14.6. The second-order valence-corrected chi connectivity index (χ2v) is 7.03. The van der Waals surface area contributed by atoms with Crippen LogP contribution in [0, 0.1) is 0 Å². The molecular weight excluding hydrogens is 384 g/mol. The zero-order valence-corrected chi connectivity index (χ0v) is 16.8. The molecule has 1 atom stereocenters. The van der Waals surface area contributed by atoms with Crippen molar-refractivity contribution in [1.82, 2.24) is 15.5 Å². The van der Waals surface area contributed by atoms with Crippen molar-refractivity contribution in [1.29, 1.82) is 0 Å². The summed E-state index contributed by atoms with van der Waals surface area (Å²) >= 11 is 0. The lowest BCUT2D eigenvalue weighted by Gasteiger charge is -2.29. The Morgan fingerprint density at radius 2 is 2.03 bits per heavy atom. The van der Waals surface area contributed by atoms with Crippen molar-refractivity contribution in [2.24, 2.45) is 0 Å². The molecule has 0 unspecified atom stereocenters. The molecule has 4 rings (SSSR count). The van der Waals surface area contributed by atoms with Crippen LogP contribution in [0.25, 0.3) is 11.4 Å². The first kappa shape index (κ1) is 19.6. The maximum Gasteiger partial charge on any atom is 0.265 e. The Morgan fingerprint density at radius 3 is 2.80 bits per heavy atom. The van der Waals surface area contributed by atoms with E-state index in [0.717, 1.165) is 6.42 Å². The van der Waals surface area contributed by atoms with E-state index in [-0.39, 0.29) is 18.4 Å². The third-order valence-electron chi connectivity index (χ3n) is 4.80. The van der Waals surface area contributed by atoms with E-state index >= 15 is 0 Å². The van der Waals surface area contributed by atoms with Gasteiger partial charge in [-0.15, -0.1) is 0 Å². The molecule has 1 aromatic heterocycles. The second-order valence-electron chi connectivity index (χ2n) is 7.03. The van der Waals surface area contributed by atoms with Gasteiger partial charge < -0.3 is 19.5 Å². The highest BCUT2D eigenvalue weighted by molar-refractivity contribution is 5.98. The number of hydrogen-bond acceptors (Lipinski definition) is 6. The van der Waals surface area contributed by atoms with Crippen LogP contribution in [0.3, 0.4) is 0 Å². The van der Waals surface area contributed by atoms with Gasteiger partial charge in [0.05, 0.1) is 5.69 Å². The maximum absolute atomic E-state index is 12.3. The van der Waals surface area contributed by atoms with Crippen molar-refractivity contribution in [3.63, 3.8) is 0 Å². The number of fused-ring (bicyclic) bond motifs is 1. The number of ether oxygens (including phenoxy) is 1. The van der Waals surface area contributed by atoms with Crippen LogP contribution in [0.2, 0.25) is 0 Å². The molecule has 30 heavy (non-hydrogen) atoms. The maximum atomic E-state index is 12.3. The van der Waals surface area contributed by atoms with Crippen molar-refractivity contribution in [2.75, 3.05) is 18.1 Å². The summed E-state index contributed by atoms with van der Waals surface area (Å²) in [5, 5.41) is 6.89. The summed E-state index contributed by atoms with van der Waals surface area (Å²) in [5.41, 5.74) is 1.95. The molecule has 3 aromatic rings. The summed E-state index contributed by atoms with van der Waals surface area (Å²) < 4.78 is 10.9. The van der Waals surface area contributed by atoms with Gasteiger partial charge in [0.15, 0.2) is 6.61 Å². The number of nitrogens with one attached hydrogen (secondary N) is 1. The smallest absolute Gasteiger partial charge is 0.265 e. The van der Waals surface area contributed by atoms with Crippen molar-refractivity contribution in [3.05, 3.63) is 60.0 Å². The Labute approximate surface area is 173 Å². The first-order valence-corrected chi connectivity index (χ1v) is 9.84. The molecule has 8 heteroatoms. The molecule has 154 valence electrons. The number of carbonyl (C=O) groups is 2. The molecule has 2 amide bonds. The minimum atomic E-state index is -0.460. The van der Waals surface area contributed by atoms with Crippen LogP contribution in [0.15, 0.2) is 53.1 Å². The van der Waals surface area contributed by atoms with Gasteiger partial charge in [-0.25, -0.2) is 0 Å². The molecule has 0 saturated heterocycles. The summed E-state index contributed by atoms with van der Waals surface area (Å²) in [4.78, 5) is 30.7. The van der Waals surface area contributed by atoms with Gasteiger partial charge in [0.1, 0.15) is 11.8 Å². The zero-order valence-electron chi connectivity index (χ0n) is 16.8. The number of benzene rings is 2. The monoisotopic (exact) mass is 406 g/mol. The molecule has 0 spiro atoms. The number of amides is 2. The molecule has 2 heterocycles. The highest BCUT2D eigenvalue weighted by Crippen LogP contribution is 2.35. The van der Waals surface area contributed by atoms with E-state index < -0.39 is 6.04 Å². The van der Waals surface area contributed by atoms with Crippen LogP contribution in [0.4, 0.5) is 5.69 Å². The van der Waals surface area contributed by atoms with Crippen LogP contribution in [0.1, 0.15) is 42.6 Å². The summed E-state index contributed by atoms with van der Waals surface area (Å²) in [6.45, 7) is 4.44. The van der Waals surface area contributed by atoms with Crippen LogP contribution >= 0.6 is 0 Å². The van der Waals surface area contributed by atoms with Crippen LogP contribution in [-0.2, 0) is 4.79 Å². The van der Waals surface area contributed by atoms with Gasteiger partial charge in [0, 0.05) is 17.7 Å². The highest BCUT2D eigenvalue weighted by Gasteiger charge is 2.26. The molecule has 2 aromatic carbocycles. The quantitative estimate of drug-likeness (QED) is 0.674. The van der Waals surface area contributed by atoms with Crippen molar-refractivity contribution in [2.45, 2.75) is 26.3 Å². The zero-order chi connectivity index (χ0) is 21.1. The molecule has 0 radical (unpaired) electrons. The molecule has 0 saturated carbocycles. The number of hydrogen-bond donors (Lipinski definition) is 1. The number of anilines is 1. The fraction of sp³-hybridized carbons (Fsp3) is 0.273. The van der Waals surface area contributed by atoms with E-state index in [1.54, 1.807) is 42.2 Å². The normalized spacial score (nSPS) is 14.1. The van der Waals surface area contributed by atoms with Gasteiger partial charge in [0.25, 0.3) is 11.8 Å². The third-order valence-corrected chi connectivity index (χ3v) is 4.80. The Kier molecular flexibility index (Phi) is 5.47. The second kappa shape index (κ2) is 8.36. The molecule has 8 nitrogen and oxygen atoms in total. The molecule has 0 fully saturated rings. The predicted molar refractivity (Wildman–Crippen MR) is 110 cm³/mol. The summed E-state index contributed by atoms with van der Waals surface area (Å²) in [6.07, 6.45) is 0.834. The van der Waals surface area contributed by atoms with E-state index in [1.165, 1.54) is 0 Å². The van der Waals surface area contributed by atoms with Crippen LogP contribution < -0.4 is 15.0 Å². The Balaban J connectivity index is 1.54. The first-order valence-electron chi connectivity index (χ1n) is 9.84. The van der Waals surface area contributed by atoms with Gasteiger partial charge in [-0.1, -0.05) is 30.3 Å². The third kappa shape index (κ3) is 3.89. The lowest BCUT2D eigenvalue weighted by atomic mass is 10.1. The van der Waals surface area contributed by atoms with Crippen molar-refractivity contribution >= 4 is 17.5 Å². The minimum Gasteiger partial charge on any atom is -0.482 e. The standard InChI is InChI=1S/C22H22N4O4/c1-3-11-26-17-12-16(9-10-18(17)29-13-19(26)27)20-24-22(30-25-20)14(2)23-21(28)15-7-5-4-6-8-15/h4-10,12,14H,3,11,13H2,1-2H3,(H,23,28)/t14-/m0/s1. The number of rotatable bonds is 6. The molecule has 1 aliphatic heterocycles. The lowest BCUT2D eigenvalue weighted by Crippen LogP contribution is -2.39. The van der Waals surface area contributed by atoms with Crippen molar-refractivity contribution in [3.8, 4) is 17.1 Å². The Bertz CT molecular complexity index is 1060.